The smallest absolute Gasteiger partial charge is 0.317 e. The lowest BCUT2D eigenvalue weighted by Gasteiger charge is -2.23. The van der Waals surface area contributed by atoms with Crippen molar-refractivity contribution in [1.82, 2.24) is 14.9 Å². The molecule has 0 bridgehead atoms. The fourth-order valence-corrected chi connectivity index (χ4v) is 2.93. The highest BCUT2D eigenvalue weighted by Crippen LogP contribution is 2.23. The molecule has 0 radical (unpaired) electrons. The number of nitrogens with one attached hydrogen (secondary N) is 2. The monoisotopic (exact) mass is 245 g/mol. The minimum absolute atomic E-state index is 0.0396. The molecule has 0 atom stereocenters. The second-order valence-electron chi connectivity index (χ2n) is 4.95. The molecule has 2 aromatic rings. The lowest BCUT2D eigenvalue weighted by molar-refractivity contribution is 0.368. The maximum absolute atomic E-state index is 12.2. The van der Waals surface area contributed by atoms with Crippen LogP contribution >= 0.6 is 0 Å². The third kappa shape index (κ3) is 1.77. The molecule has 0 saturated carbocycles. The number of hydrogen-bond donors (Lipinski definition) is 2. The first-order valence-electron chi connectivity index (χ1n) is 6.74. The fourth-order valence-electron chi connectivity index (χ4n) is 2.93. The standard InChI is InChI=1S/C14H19N3O/c1-2-10-4-3-5-12-13(10)16-14(18)17(12)11-6-8-15-9-7-11/h3-5,11,15H,2,6-9H2,1H3,(H,16,18). The number of imidazole rings is 1. The minimum atomic E-state index is 0.0396. The number of benzene rings is 1. The van der Waals surface area contributed by atoms with Crippen LogP contribution in [0.15, 0.2) is 23.0 Å². The Balaban J connectivity index is 2.16. The Hall–Kier alpha value is -1.55. The second-order valence-corrected chi connectivity index (χ2v) is 4.95. The molecule has 1 fully saturated rings. The zero-order chi connectivity index (χ0) is 12.5. The molecule has 2 heterocycles. The molecule has 4 nitrogen and oxygen atoms in total. The Kier molecular flexibility index (Phi) is 2.96. The molecule has 4 heteroatoms. The van der Waals surface area contributed by atoms with Crippen LogP contribution in [0.4, 0.5) is 0 Å². The quantitative estimate of drug-likeness (QED) is 0.848. The summed E-state index contributed by atoms with van der Waals surface area (Å²) in [5.41, 5.74) is 3.34. The van der Waals surface area contributed by atoms with Crippen LogP contribution in [0.5, 0.6) is 0 Å². The SMILES string of the molecule is CCc1cccc2c1[nH]c(=O)n2C1CCNCC1. The highest BCUT2D eigenvalue weighted by Gasteiger charge is 2.19. The number of aryl methyl sites for hydroxylation is 1. The molecule has 0 amide bonds. The summed E-state index contributed by atoms with van der Waals surface area (Å²) in [6.45, 7) is 4.11. The summed E-state index contributed by atoms with van der Waals surface area (Å²) >= 11 is 0. The fraction of sp³-hybridized carbons (Fsp3) is 0.500. The molecule has 1 aliphatic rings. The van der Waals surface area contributed by atoms with Gasteiger partial charge in [-0.2, -0.15) is 0 Å². The molecule has 1 saturated heterocycles. The van der Waals surface area contributed by atoms with Gasteiger partial charge in [-0.15, -0.1) is 0 Å². The predicted octanol–water partition coefficient (Wildman–Crippen LogP) is 1.82. The number of aromatic amines is 1. The van der Waals surface area contributed by atoms with Gasteiger partial charge in [0.05, 0.1) is 11.0 Å². The Morgan fingerprint density at radius 1 is 1.33 bits per heavy atom. The maximum Gasteiger partial charge on any atom is 0.326 e. The van der Waals surface area contributed by atoms with Gasteiger partial charge in [0, 0.05) is 6.04 Å². The van der Waals surface area contributed by atoms with E-state index in [4.69, 9.17) is 0 Å². The van der Waals surface area contributed by atoms with E-state index in [0.29, 0.717) is 6.04 Å². The van der Waals surface area contributed by atoms with Crippen molar-refractivity contribution in [3.05, 3.63) is 34.2 Å². The van der Waals surface area contributed by atoms with Crippen molar-refractivity contribution >= 4 is 11.0 Å². The van der Waals surface area contributed by atoms with Crippen LogP contribution < -0.4 is 11.0 Å². The average Bonchev–Trinajstić information content (AvgIpc) is 2.75. The first-order chi connectivity index (χ1) is 8.81. The summed E-state index contributed by atoms with van der Waals surface area (Å²) < 4.78 is 1.95. The van der Waals surface area contributed by atoms with Crippen LogP contribution in [0.25, 0.3) is 11.0 Å². The molecule has 2 N–H and O–H groups in total. The van der Waals surface area contributed by atoms with Gasteiger partial charge in [0.15, 0.2) is 0 Å². The third-order valence-electron chi connectivity index (χ3n) is 3.89. The van der Waals surface area contributed by atoms with Crippen molar-refractivity contribution in [2.24, 2.45) is 0 Å². The van der Waals surface area contributed by atoms with Gasteiger partial charge in [-0.3, -0.25) is 4.57 Å². The highest BCUT2D eigenvalue weighted by atomic mass is 16.1. The number of H-pyrrole nitrogens is 1. The number of rotatable bonds is 2. The van der Waals surface area contributed by atoms with Gasteiger partial charge in [-0.05, 0) is 44.0 Å². The number of aromatic nitrogens is 2. The Labute approximate surface area is 106 Å². The van der Waals surface area contributed by atoms with Gasteiger partial charge in [-0.1, -0.05) is 19.1 Å². The number of nitrogens with zero attached hydrogens (tertiary/aromatic N) is 1. The number of fused-ring (bicyclic) bond motifs is 1. The lowest BCUT2D eigenvalue weighted by Crippen LogP contribution is -2.33. The zero-order valence-electron chi connectivity index (χ0n) is 10.7. The normalized spacial score (nSPS) is 17.4. The van der Waals surface area contributed by atoms with Gasteiger partial charge in [0.1, 0.15) is 0 Å². The molecule has 18 heavy (non-hydrogen) atoms. The topological polar surface area (TPSA) is 49.8 Å². The van der Waals surface area contributed by atoms with Gasteiger partial charge in [0.2, 0.25) is 0 Å². The van der Waals surface area contributed by atoms with E-state index in [1.807, 2.05) is 10.6 Å². The van der Waals surface area contributed by atoms with E-state index in [2.05, 4.69) is 29.4 Å². The second kappa shape index (κ2) is 4.61. The molecular formula is C14H19N3O. The first-order valence-corrected chi connectivity index (χ1v) is 6.74. The Morgan fingerprint density at radius 3 is 2.83 bits per heavy atom. The summed E-state index contributed by atoms with van der Waals surface area (Å²) in [7, 11) is 0. The van der Waals surface area contributed by atoms with Gasteiger partial charge >= 0.3 is 5.69 Å². The third-order valence-corrected chi connectivity index (χ3v) is 3.89. The molecular weight excluding hydrogens is 226 g/mol. The van der Waals surface area contributed by atoms with Crippen molar-refractivity contribution in [2.45, 2.75) is 32.2 Å². The summed E-state index contributed by atoms with van der Waals surface area (Å²) in [4.78, 5) is 15.2. The molecule has 1 aliphatic heterocycles. The molecule has 1 aromatic carbocycles. The predicted molar refractivity (Wildman–Crippen MR) is 73.1 cm³/mol. The van der Waals surface area contributed by atoms with Crippen molar-refractivity contribution in [2.75, 3.05) is 13.1 Å². The first kappa shape index (κ1) is 11.5. The highest BCUT2D eigenvalue weighted by molar-refractivity contribution is 5.79. The Morgan fingerprint density at radius 2 is 2.11 bits per heavy atom. The molecule has 0 unspecified atom stereocenters. The van der Waals surface area contributed by atoms with Gasteiger partial charge in [0.25, 0.3) is 0 Å². The number of para-hydroxylation sites is 1. The number of piperidine rings is 1. The average molecular weight is 245 g/mol. The van der Waals surface area contributed by atoms with Crippen LogP contribution in [-0.4, -0.2) is 22.6 Å². The van der Waals surface area contributed by atoms with Crippen LogP contribution in [0, 0.1) is 0 Å². The summed E-state index contributed by atoms with van der Waals surface area (Å²) in [5.74, 6) is 0. The zero-order valence-corrected chi connectivity index (χ0v) is 10.7. The van der Waals surface area contributed by atoms with E-state index in [0.717, 1.165) is 43.4 Å². The van der Waals surface area contributed by atoms with Crippen LogP contribution in [0.2, 0.25) is 0 Å². The number of hydrogen-bond acceptors (Lipinski definition) is 2. The molecule has 0 aliphatic carbocycles. The van der Waals surface area contributed by atoms with Crippen molar-refractivity contribution in [1.29, 1.82) is 0 Å². The minimum Gasteiger partial charge on any atom is -0.317 e. The summed E-state index contributed by atoms with van der Waals surface area (Å²) in [6, 6.07) is 6.52. The van der Waals surface area contributed by atoms with E-state index in [-0.39, 0.29) is 5.69 Å². The van der Waals surface area contributed by atoms with Gasteiger partial charge < -0.3 is 10.3 Å². The molecule has 3 rings (SSSR count). The van der Waals surface area contributed by atoms with Crippen LogP contribution in [-0.2, 0) is 6.42 Å². The van der Waals surface area contributed by atoms with Crippen molar-refractivity contribution in [3.63, 3.8) is 0 Å². The van der Waals surface area contributed by atoms with E-state index in [9.17, 15) is 4.79 Å². The Bertz CT molecular complexity index is 605. The summed E-state index contributed by atoms with van der Waals surface area (Å²) in [6.07, 6.45) is 3.01. The van der Waals surface area contributed by atoms with E-state index >= 15 is 0 Å². The molecule has 96 valence electrons. The van der Waals surface area contributed by atoms with E-state index in [1.54, 1.807) is 0 Å². The van der Waals surface area contributed by atoms with Gasteiger partial charge in [-0.25, -0.2) is 4.79 Å². The van der Waals surface area contributed by atoms with Crippen molar-refractivity contribution in [3.8, 4) is 0 Å². The van der Waals surface area contributed by atoms with Crippen LogP contribution in [0.1, 0.15) is 31.4 Å². The largest absolute Gasteiger partial charge is 0.326 e. The van der Waals surface area contributed by atoms with Crippen LogP contribution in [0.3, 0.4) is 0 Å². The van der Waals surface area contributed by atoms with Crippen molar-refractivity contribution < 1.29 is 0 Å². The lowest BCUT2D eigenvalue weighted by atomic mass is 10.1. The maximum atomic E-state index is 12.2. The van der Waals surface area contributed by atoms with E-state index in [1.165, 1.54) is 5.56 Å². The summed E-state index contributed by atoms with van der Waals surface area (Å²) in [5, 5.41) is 3.34. The molecule has 1 aromatic heterocycles. The van der Waals surface area contributed by atoms with E-state index < -0.39 is 0 Å². The molecule has 0 spiro atoms.